The Hall–Kier alpha value is -2.04. The molecular formula is C17H26N2O3. The van der Waals surface area contributed by atoms with Gasteiger partial charge in [-0.05, 0) is 51.0 Å². The highest BCUT2D eigenvalue weighted by Crippen LogP contribution is 2.15. The second kappa shape index (κ2) is 8.41. The molecule has 0 aliphatic heterocycles. The summed E-state index contributed by atoms with van der Waals surface area (Å²) in [6.45, 7) is 8.22. The third-order valence-corrected chi connectivity index (χ3v) is 3.92. The molecule has 0 aliphatic rings. The fourth-order valence-electron chi connectivity index (χ4n) is 2.25. The van der Waals surface area contributed by atoms with Crippen molar-refractivity contribution in [3.05, 3.63) is 29.8 Å². The van der Waals surface area contributed by atoms with E-state index in [2.05, 4.69) is 13.8 Å². The van der Waals surface area contributed by atoms with Gasteiger partial charge in [-0.3, -0.25) is 9.59 Å². The number of carbonyl (C=O) groups excluding carboxylic acids is 2. The van der Waals surface area contributed by atoms with Crippen molar-refractivity contribution in [1.29, 1.82) is 0 Å². The smallest absolute Gasteiger partial charge is 0.260 e. The van der Waals surface area contributed by atoms with Crippen molar-refractivity contribution in [2.24, 2.45) is 5.73 Å². The number of hydrogen-bond acceptors (Lipinski definition) is 3. The Balaban J connectivity index is 2.68. The lowest BCUT2D eigenvalue weighted by atomic mass is 10.1. The van der Waals surface area contributed by atoms with E-state index in [-0.39, 0.29) is 24.6 Å². The molecule has 0 bridgehead atoms. The van der Waals surface area contributed by atoms with Crippen LogP contribution in [0.15, 0.2) is 24.3 Å². The van der Waals surface area contributed by atoms with E-state index in [4.69, 9.17) is 10.5 Å². The van der Waals surface area contributed by atoms with Gasteiger partial charge in [0.15, 0.2) is 6.61 Å². The van der Waals surface area contributed by atoms with Gasteiger partial charge in [0.2, 0.25) is 5.91 Å². The molecule has 0 unspecified atom stereocenters. The summed E-state index contributed by atoms with van der Waals surface area (Å²) in [5, 5.41) is 0. The van der Waals surface area contributed by atoms with Gasteiger partial charge in [-0.2, -0.15) is 0 Å². The van der Waals surface area contributed by atoms with Gasteiger partial charge in [-0.15, -0.1) is 0 Å². The molecule has 1 aromatic carbocycles. The first kappa shape index (κ1) is 18.0. The summed E-state index contributed by atoms with van der Waals surface area (Å²) < 4.78 is 5.53. The van der Waals surface area contributed by atoms with Crippen molar-refractivity contribution in [2.75, 3.05) is 6.61 Å². The fraction of sp³-hybridized carbons (Fsp3) is 0.529. The average molecular weight is 306 g/mol. The molecule has 1 aromatic rings. The van der Waals surface area contributed by atoms with E-state index in [0.717, 1.165) is 12.8 Å². The Kier molecular flexibility index (Phi) is 6.89. The maximum atomic E-state index is 12.4. The number of primary amides is 1. The van der Waals surface area contributed by atoms with Crippen LogP contribution < -0.4 is 10.5 Å². The summed E-state index contributed by atoms with van der Waals surface area (Å²) in [6.07, 6.45) is 1.81. The molecule has 2 atom stereocenters. The summed E-state index contributed by atoms with van der Waals surface area (Å²) in [6, 6.07) is 6.83. The SMILES string of the molecule is CC[C@H](C)N(C(=O)COc1ccc(C(N)=O)cc1)[C@@H](C)CC. The molecule has 122 valence electrons. The maximum absolute atomic E-state index is 12.4. The molecule has 5 heteroatoms. The topological polar surface area (TPSA) is 72.6 Å². The number of hydrogen-bond donors (Lipinski definition) is 1. The van der Waals surface area contributed by atoms with Gasteiger partial charge in [0.25, 0.3) is 5.91 Å². The van der Waals surface area contributed by atoms with Crippen molar-refractivity contribution in [2.45, 2.75) is 52.6 Å². The van der Waals surface area contributed by atoms with Gasteiger partial charge in [0, 0.05) is 17.6 Å². The van der Waals surface area contributed by atoms with Crippen molar-refractivity contribution in [3.8, 4) is 5.75 Å². The predicted molar refractivity (Wildman–Crippen MR) is 86.8 cm³/mol. The van der Waals surface area contributed by atoms with E-state index in [0.29, 0.717) is 11.3 Å². The third-order valence-electron chi connectivity index (χ3n) is 3.92. The Morgan fingerprint density at radius 3 is 2.00 bits per heavy atom. The van der Waals surface area contributed by atoms with Crippen LogP contribution in [0.5, 0.6) is 5.75 Å². The highest BCUT2D eigenvalue weighted by atomic mass is 16.5. The van der Waals surface area contributed by atoms with Crippen molar-refractivity contribution < 1.29 is 14.3 Å². The molecule has 0 aromatic heterocycles. The average Bonchev–Trinajstić information content (AvgIpc) is 2.52. The standard InChI is InChI=1S/C17H26N2O3/c1-5-12(3)19(13(4)6-2)16(20)11-22-15-9-7-14(8-10-15)17(18)21/h7-10,12-13H,5-6,11H2,1-4H3,(H2,18,21)/t12-,13-/m0/s1. The molecule has 0 aliphatic carbocycles. The monoisotopic (exact) mass is 306 g/mol. The number of nitrogens with zero attached hydrogens (tertiary/aromatic N) is 1. The predicted octanol–water partition coefficient (Wildman–Crippen LogP) is 2.59. The molecule has 0 spiro atoms. The highest BCUT2D eigenvalue weighted by molar-refractivity contribution is 5.92. The number of rotatable bonds is 8. The number of nitrogens with two attached hydrogens (primary N) is 1. The minimum Gasteiger partial charge on any atom is -0.484 e. The quantitative estimate of drug-likeness (QED) is 0.802. The first-order chi connectivity index (χ1) is 10.4. The van der Waals surface area contributed by atoms with Crippen LogP contribution in [-0.4, -0.2) is 35.4 Å². The van der Waals surface area contributed by atoms with E-state index in [1.165, 1.54) is 0 Å². The molecule has 5 nitrogen and oxygen atoms in total. The van der Waals surface area contributed by atoms with Gasteiger partial charge >= 0.3 is 0 Å². The summed E-state index contributed by atoms with van der Waals surface area (Å²) in [4.78, 5) is 25.3. The lowest BCUT2D eigenvalue weighted by Gasteiger charge is -2.33. The summed E-state index contributed by atoms with van der Waals surface area (Å²) >= 11 is 0. The zero-order valence-electron chi connectivity index (χ0n) is 13.8. The Morgan fingerprint density at radius 1 is 1.09 bits per heavy atom. The Bertz CT molecular complexity index is 489. The van der Waals surface area contributed by atoms with Gasteiger partial charge in [0.05, 0.1) is 0 Å². The van der Waals surface area contributed by atoms with Crippen LogP contribution >= 0.6 is 0 Å². The van der Waals surface area contributed by atoms with E-state index in [1.54, 1.807) is 24.3 Å². The van der Waals surface area contributed by atoms with Gasteiger partial charge in [-0.1, -0.05) is 13.8 Å². The Morgan fingerprint density at radius 2 is 1.59 bits per heavy atom. The van der Waals surface area contributed by atoms with E-state index < -0.39 is 5.91 Å². The maximum Gasteiger partial charge on any atom is 0.260 e. The zero-order chi connectivity index (χ0) is 16.7. The fourth-order valence-corrected chi connectivity index (χ4v) is 2.25. The van der Waals surface area contributed by atoms with Crippen molar-refractivity contribution in [1.82, 2.24) is 4.90 Å². The number of amides is 2. The van der Waals surface area contributed by atoms with Gasteiger partial charge in [0.1, 0.15) is 5.75 Å². The molecular weight excluding hydrogens is 280 g/mol. The highest BCUT2D eigenvalue weighted by Gasteiger charge is 2.23. The van der Waals surface area contributed by atoms with Crippen LogP contribution in [0.1, 0.15) is 50.9 Å². The normalized spacial score (nSPS) is 13.3. The van der Waals surface area contributed by atoms with Crippen LogP contribution in [0.4, 0.5) is 0 Å². The van der Waals surface area contributed by atoms with Crippen LogP contribution in [0, 0.1) is 0 Å². The summed E-state index contributed by atoms with van der Waals surface area (Å²) in [7, 11) is 0. The third kappa shape index (κ3) is 4.76. The molecule has 2 amide bonds. The number of ether oxygens (including phenoxy) is 1. The van der Waals surface area contributed by atoms with E-state index in [9.17, 15) is 9.59 Å². The zero-order valence-corrected chi connectivity index (χ0v) is 13.8. The van der Waals surface area contributed by atoms with Crippen LogP contribution in [0.25, 0.3) is 0 Å². The summed E-state index contributed by atoms with van der Waals surface area (Å²) in [5.74, 6) is 0.0385. The number of carbonyl (C=O) groups is 2. The Labute approximate surface area is 132 Å². The molecule has 0 radical (unpaired) electrons. The van der Waals surface area contributed by atoms with E-state index >= 15 is 0 Å². The molecule has 0 saturated carbocycles. The van der Waals surface area contributed by atoms with Crippen LogP contribution in [-0.2, 0) is 4.79 Å². The minimum atomic E-state index is -0.484. The first-order valence-corrected chi connectivity index (χ1v) is 7.74. The van der Waals surface area contributed by atoms with Crippen LogP contribution in [0.2, 0.25) is 0 Å². The molecule has 1 rings (SSSR count). The lowest BCUT2D eigenvalue weighted by molar-refractivity contribution is -0.137. The first-order valence-electron chi connectivity index (χ1n) is 7.74. The van der Waals surface area contributed by atoms with Crippen molar-refractivity contribution in [3.63, 3.8) is 0 Å². The molecule has 0 fully saturated rings. The second-order valence-electron chi connectivity index (χ2n) is 5.49. The largest absolute Gasteiger partial charge is 0.484 e. The van der Waals surface area contributed by atoms with Crippen molar-refractivity contribution >= 4 is 11.8 Å². The lowest BCUT2D eigenvalue weighted by Crippen LogP contribution is -2.46. The molecule has 0 heterocycles. The van der Waals surface area contributed by atoms with E-state index in [1.807, 2.05) is 18.7 Å². The molecule has 0 saturated heterocycles. The minimum absolute atomic E-state index is 0.00933. The number of benzene rings is 1. The van der Waals surface area contributed by atoms with Crippen LogP contribution in [0.3, 0.4) is 0 Å². The molecule has 22 heavy (non-hydrogen) atoms. The summed E-state index contributed by atoms with van der Waals surface area (Å²) in [5.41, 5.74) is 5.60. The second-order valence-corrected chi connectivity index (χ2v) is 5.49. The van der Waals surface area contributed by atoms with Gasteiger partial charge in [-0.25, -0.2) is 0 Å². The van der Waals surface area contributed by atoms with Gasteiger partial charge < -0.3 is 15.4 Å². The molecule has 2 N–H and O–H groups in total.